The lowest BCUT2D eigenvalue weighted by molar-refractivity contribution is -0.384. The second-order valence-corrected chi connectivity index (χ2v) is 7.83. The number of nitro groups is 1. The van der Waals surface area contributed by atoms with E-state index >= 15 is 0 Å². The number of sulfonamides is 1. The minimum atomic E-state index is -3.85. The topological polar surface area (TPSA) is 123 Å². The van der Waals surface area contributed by atoms with Gasteiger partial charge in [0.2, 0.25) is 5.09 Å². The molecule has 11 heteroatoms. The van der Waals surface area contributed by atoms with Gasteiger partial charge in [-0.2, -0.15) is 4.31 Å². The molecule has 9 nitrogen and oxygen atoms in total. The smallest absolute Gasteiger partial charge is 0.291 e. The Labute approximate surface area is 154 Å². The Morgan fingerprint density at radius 3 is 2.56 bits per heavy atom. The summed E-state index contributed by atoms with van der Waals surface area (Å²) < 4.78 is 45.3. The van der Waals surface area contributed by atoms with Crippen LogP contribution in [0.4, 0.5) is 15.8 Å². The largest absolute Gasteiger partial charge is 0.438 e. The first-order valence-corrected chi connectivity index (χ1v) is 9.58. The van der Waals surface area contributed by atoms with E-state index in [4.69, 9.17) is 4.42 Å². The number of nitrogens with one attached hydrogen (secondary N) is 1. The number of nitrogens with zero attached hydrogens (tertiary/aromatic N) is 2. The fourth-order valence-corrected chi connectivity index (χ4v) is 4.15. The number of nitro benzene ring substituents is 1. The summed E-state index contributed by atoms with van der Waals surface area (Å²) in [5.74, 6) is -2.15. The number of furan rings is 1. The van der Waals surface area contributed by atoms with Gasteiger partial charge in [-0.15, -0.1) is 0 Å². The normalized spacial score (nSPS) is 15.4. The zero-order valence-electron chi connectivity index (χ0n) is 14.1. The lowest BCUT2D eigenvalue weighted by Crippen LogP contribution is -2.35. The van der Waals surface area contributed by atoms with Crippen molar-refractivity contribution in [2.45, 2.75) is 24.4 Å². The third kappa shape index (κ3) is 3.98. The van der Waals surface area contributed by atoms with Crippen molar-refractivity contribution in [2.75, 3.05) is 18.4 Å². The van der Waals surface area contributed by atoms with Gasteiger partial charge in [-0.3, -0.25) is 14.9 Å². The standard InChI is InChI=1S/C16H16FN3O6S/c17-12-5-4-11(20(22)23)10-13(12)18-16(21)14-6-7-15(26-14)27(24,25)19-8-2-1-3-9-19/h4-7,10H,1-3,8-9H2,(H,18,21). The molecule has 1 amide bonds. The molecule has 1 fully saturated rings. The number of carbonyl (C=O) groups is 1. The maximum Gasteiger partial charge on any atom is 0.291 e. The Hall–Kier alpha value is -2.79. The van der Waals surface area contributed by atoms with Crippen LogP contribution in [0.5, 0.6) is 0 Å². The highest BCUT2D eigenvalue weighted by molar-refractivity contribution is 7.89. The Balaban J connectivity index is 1.79. The van der Waals surface area contributed by atoms with Crippen LogP contribution in [-0.4, -0.2) is 36.6 Å². The Kier molecular flexibility index (Phi) is 5.24. The van der Waals surface area contributed by atoms with E-state index in [0.717, 1.165) is 49.6 Å². The first-order chi connectivity index (χ1) is 12.8. The van der Waals surface area contributed by atoms with Crippen LogP contribution in [0.2, 0.25) is 0 Å². The predicted octanol–water partition coefficient (Wildman–Crippen LogP) is 2.75. The van der Waals surface area contributed by atoms with E-state index in [1.807, 2.05) is 0 Å². The maximum atomic E-state index is 13.8. The molecule has 2 aromatic rings. The summed E-state index contributed by atoms with van der Waals surface area (Å²) in [6.45, 7) is 0.757. The monoisotopic (exact) mass is 397 g/mol. The molecule has 1 aliphatic heterocycles. The molecular formula is C16H16FN3O6S. The minimum absolute atomic E-state index is 0.350. The van der Waals surface area contributed by atoms with Gasteiger partial charge in [-0.05, 0) is 31.0 Å². The summed E-state index contributed by atoms with van der Waals surface area (Å²) >= 11 is 0. The third-order valence-electron chi connectivity index (χ3n) is 4.12. The highest BCUT2D eigenvalue weighted by Crippen LogP contribution is 2.25. The average molecular weight is 397 g/mol. The molecule has 27 heavy (non-hydrogen) atoms. The fraction of sp³-hybridized carbons (Fsp3) is 0.312. The van der Waals surface area contributed by atoms with Gasteiger partial charge < -0.3 is 9.73 Å². The van der Waals surface area contributed by atoms with Gasteiger partial charge in [-0.1, -0.05) is 6.42 Å². The number of hydrogen-bond acceptors (Lipinski definition) is 6. The molecule has 0 bridgehead atoms. The lowest BCUT2D eigenvalue weighted by Gasteiger charge is -2.24. The van der Waals surface area contributed by atoms with Gasteiger partial charge in [0.15, 0.2) is 5.76 Å². The molecule has 2 heterocycles. The summed E-state index contributed by atoms with van der Waals surface area (Å²) in [4.78, 5) is 22.2. The number of carbonyl (C=O) groups excluding carboxylic acids is 1. The molecule has 1 N–H and O–H groups in total. The van der Waals surface area contributed by atoms with Crippen molar-refractivity contribution in [3.05, 3.63) is 52.0 Å². The molecule has 1 aromatic carbocycles. The van der Waals surface area contributed by atoms with Crippen LogP contribution in [0.1, 0.15) is 29.8 Å². The lowest BCUT2D eigenvalue weighted by atomic mass is 10.2. The van der Waals surface area contributed by atoms with Crippen molar-refractivity contribution in [3.8, 4) is 0 Å². The molecule has 1 aromatic heterocycles. The highest BCUT2D eigenvalue weighted by Gasteiger charge is 2.29. The molecule has 0 saturated carbocycles. The molecule has 1 aliphatic rings. The summed E-state index contributed by atoms with van der Waals surface area (Å²) in [6.07, 6.45) is 2.45. The van der Waals surface area contributed by atoms with Gasteiger partial charge in [0.05, 0.1) is 10.6 Å². The van der Waals surface area contributed by atoms with E-state index in [-0.39, 0.29) is 10.9 Å². The Bertz CT molecular complexity index is 982. The number of piperidine rings is 1. The van der Waals surface area contributed by atoms with Crippen molar-refractivity contribution in [1.82, 2.24) is 4.31 Å². The van der Waals surface area contributed by atoms with Crippen molar-refractivity contribution in [2.24, 2.45) is 0 Å². The second kappa shape index (κ2) is 7.45. The van der Waals surface area contributed by atoms with Crippen molar-refractivity contribution in [3.63, 3.8) is 0 Å². The molecule has 144 valence electrons. The molecule has 0 spiro atoms. The third-order valence-corrected chi connectivity index (χ3v) is 5.90. The summed E-state index contributed by atoms with van der Waals surface area (Å²) in [5.41, 5.74) is -0.814. The number of hydrogen-bond donors (Lipinski definition) is 1. The molecule has 0 unspecified atom stereocenters. The number of benzene rings is 1. The Morgan fingerprint density at radius 1 is 1.19 bits per heavy atom. The van der Waals surface area contributed by atoms with Crippen LogP contribution in [0.3, 0.4) is 0 Å². The molecular weight excluding hydrogens is 381 g/mol. The number of halogens is 1. The quantitative estimate of drug-likeness (QED) is 0.611. The fourth-order valence-electron chi connectivity index (χ4n) is 2.72. The van der Waals surface area contributed by atoms with E-state index in [9.17, 15) is 27.7 Å². The number of rotatable bonds is 5. The van der Waals surface area contributed by atoms with Crippen LogP contribution < -0.4 is 5.32 Å². The first kappa shape index (κ1) is 19.0. The summed E-state index contributed by atoms with van der Waals surface area (Å²) in [6, 6.07) is 4.98. The van der Waals surface area contributed by atoms with Gasteiger partial charge >= 0.3 is 0 Å². The van der Waals surface area contributed by atoms with Gasteiger partial charge in [0.1, 0.15) is 5.82 Å². The summed E-state index contributed by atoms with van der Waals surface area (Å²) in [7, 11) is -3.85. The zero-order chi connectivity index (χ0) is 19.6. The van der Waals surface area contributed by atoms with Gasteiger partial charge in [0.25, 0.3) is 21.6 Å². The van der Waals surface area contributed by atoms with E-state index in [1.165, 1.54) is 4.31 Å². The molecule has 3 rings (SSSR count). The van der Waals surface area contributed by atoms with E-state index in [2.05, 4.69) is 5.32 Å². The number of amides is 1. The molecule has 1 saturated heterocycles. The van der Waals surface area contributed by atoms with E-state index in [0.29, 0.717) is 13.1 Å². The highest BCUT2D eigenvalue weighted by atomic mass is 32.2. The Morgan fingerprint density at radius 2 is 1.89 bits per heavy atom. The number of non-ortho nitro benzene ring substituents is 1. The SMILES string of the molecule is O=C(Nc1cc([N+](=O)[O-])ccc1F)c1ccc(S(=O)(=O)N2CCCCC2)o1. The van der Waals surface area contributed by atoms with Crippen LogP contribution in [0.25, 0.3) is 0 Å². The first-order valence-electron chi connectivity index (χ1n) is 8.14. The van der Waals surface area contributed by atoms with Crippen molar-refractivity contribution < 1.29 is 26.9 Å². The minimum Gasteiger partial charge on any atom is -0.438 e. The molecule has 0 radical (unpaired) electrons. The van der Waals surface area contributed by atoms with Crippen LogP contribution in [0.15, 0.2) is 39.8 Å². The number of anilines is 1. The second-order valence-electron chi connectivity index (χ2n) is 5.96. The molecule has 0 atom stereocenters. The maximum absolute atomic E-state index is 13.8. The van der Waals surface area contributed by atoms with E-state index in [1.54, 1.807) is 0 Å². The zero-order valence-corrected chi connectivity index (χ0v) is 14.9. The van der Waals surface area contributed by atoms with Crippen LogP contribution in [0, 0.1) is 15.9 Å². The van der Waals surface area contributed by atoms with Gasteiger partial charge in [0, 0.05) is 25.2 Å². The molecule has 0 aliphatic carbocycles. The predicted molar refractivity (Wildman–Crippen MR) is 92.3 cm³/mol. The van der Waals surface area contributed by atoms with Crippen molar-refractivity contribution >= 4 is 27.3 Å². The van der Waals surface area contributed by atoms with Crippen LogP contribution >= 0.6 is 0 Å². The van der Waals surface area contributed by atoms with Crippen LogP contribution in [-0.2, 0) is 10.0 Å². The average Bonchev–Trinajstić information content (AvgIpc) is 3.15. The van der Waals surface area contributed by atoms with E-state index < -0.39 is 38.0 Å². The van der Waals surface area contributed by atoms with Crippen molar-refractivity contribution in [1.29, 1.82) is 0 Å². The summed E-state index contributed by atoms with van der Waals surface area (Å²) in [5, 5.41) is 12.5. The van der Waals surface area contributed by atoms with Gasteiger partial charge in [-0.25, -0.2) is 12.8 Å².